The summed E-state index contributed by atoms with van der Waals surface area (Å²) >= 11 is 0. The third-order valence-corrected chi connectivity index (χ3v) is 8.19. The zero-order chi connectivity index (χ0) is 27.6. The van der Waals surface area contributed by atoms with Crippen molar-refractivity contribution in [2.24, 2.45) is 5.41 Å². The van der Waals surface area contributed by atoms with Gasteiger partial charge in [0.15, 0.2) is 5.82 Å². The molecule has 2 fully saturated rings. The lowest BCUT2D eigenvalue weighted by Crippen LogP contribution is -2.46. The second-order valence-electron chi connectivity index (χ2n) is 11.6. The van der Waals surface area contributed by atoms with E-state index in [9.17, 15) is 9.59 Å². The summed E-state index contributed by atoms with van der Waals surface area (Å²) in [4.78, 5) is 39.7. The van der Waals surface area contributed by atoms with E-state index in [4.69, 9.17) is 9.72 Å². The quantitative estimate of drug-likeness (QED) is 0.512. The van der Waals surface area contributed by atoms with Gasteiger partial charge in [-0.25, -0.2) is 4.98 Å². The van der Waals surface area contributed by atoms with Gasteiger partial charge in [-0.05, 0) is 64.3 Å². The molecule has 2 amide bonds. The summed E-state index contributed by atoms with van der Waals surface area (Å²) in [5.74, 6) is 1.66. The van der Waals surface area contributed by atoms with Crippen molar-refractivity contribution >= 4 is 35.0 Å². The summed E-state index contributed by atoms with van der Waals surface area (Å²) in [6.45, 7) is 6.40. The minimum absolute atomic E-state index is 0.0610. The van der Waals surface area contributed by atoms with Crippen LogP contribution in [-0.2, 0) is 4.79 Å². The molecule has 0 spiro atoms. The van der Waals surface area contributed by atoms with Crippen LogP contribution in [0.25, 0.3) is 0 Å². The average molecular weight is 536 g/mol. The van der Waals surface area contributed by atoms with Gasteiger partial charge in [-0.1, -0.05) is 19.3 Å². The number of aromatic nitrogens is 2. The number of rotatable bonds is 6. The van der Waals surface area contributed by atoms with Crippen molar-refractivity contribution in [3.05, 3.63) is 30.0 Å². The number of amides is 2. The van der Waals surface area contributed by atoms with Crippen molar-refractivity contribution in [1.82, 2.24) is 20.6 Å². The van der Waals surface area contributed by atoms with Gasteiger partial charge in [0.1, 0.15) is 11.4 Å². The highest BCUT2D eigenvalue weighted by Crippen LogP contribution is 2.40. The minimum Gasteiger partial charge on any atom is -0.495 e. The van der Waals surface area contributed by atoms with Crippen LogP contribution in [0, 0.1) is 5.41 Å². The highest BCUT2D eigenvalue weighted by molar-refractivity contribution is 6.01. The Morgan fingerprint density at radius 3 is 2.67 bits per heavy atom. The zero-order valence-corrected chi connectivity index (χ0v) is 23.5. The van der Waals surface area contributed by atoms with Gasteiger partial charge < -0.3 is 30.5 Å². The molecule has 210 valence electrons. The van der Waals surface area contributed by atoms with Gasteiger partial charge in [-0.3, -0.25) is 9.59 Å². The van der Waals surface area contributed by atoms with Gasteiger partial charge in [-0.2, -0.15) is 4.98 Å². The Morgan fingerprint density at radius 2 is 1.95 bits per heavy atom. The SMILES string of the molecule is COc1cc(C(=O)N[C@H]2CCCNC2)ccc1Nc1ncc2c(n1)N(C1CCCCC1)CC(C)(C)C(=O)N2C. The lowest BCUT2D eigenvalue weighted by molar-refractivity contribution is -0.125. The number of fused-ring (bicyclic) bond motifs is 1. The third-order valence-electron chi connectivity index (χ3n) is 8.19. The van der Waals surface area contributed by atoms with E-state index in [-0.39, 0.29) is 17.9 Å². The molecule has 5 rings (SSSR count). The predicted molar refractivity (Wildman–Crippen MR) is 153 cm³/mol. The molecule has 1 saturated heterocycles. The molecule has 1 aromatic carbocycles. The first-order valence-corrected chi connectivity index (χ1v) is 14.2. The molecule has 10 nitrogen and oxygen atoms in total. The van der Waals surface area contributed by atoms with Gasteiger partial charge in [0.05, 0.1) is 24.4 Å². The van der Waals surface area contributed by atoms with E-state index in [0.717, 1.165) is 50.3 Å². The Kier molecular flexibility index (Phi) is 7.93. The highest BCUT2D eigenvalue weighted by atomic mass is 16.5. The van der Waals surface area contributed by atoms with Crippen molar-refractivity contribution in [1.29, 1.82) is 0 Å². The minimum atomic E-state index is -0.548. The van der Waals surface area contributed by atoms with Crippen molar-refractivity contribution < 1.29 is 14.3 Å². The van der Waals surface area contributed by atoms with Gasteiger partial charge in [0.25, 0.3) is 5.91 Å². The summed E-state index contributed by atoms with van der Waals surface area (Å²) in [7, 11) is 3.39. The third kappa shape index (κ3) is 5.80. The number of ether oxygens (including phenoxy) is 1. The van der Waals surface area contributed by atoms with Crippen LogP contribution >= 0.6 is 0 Å². The average Bonchev–Trinajstić information content (AvgIpc) is 3.03. The van der Waals surface area contributed by atoms with Crippen molar-refractivity contribution in [2.45, 2.75) is 70.9 Å². The number of hydrogen-bond acceptors (Lipinski definition) is 8. The molecule has 0 radical (unpaired) electrons. The maximum atomic E-state index is 13.3. The fourth-order valence-electron chi connectivity index (χ4n) is 6.00. The summed E-state index contributed by atoms with van der Waals surface area (Å²) in [6, 6.07) is 5.80. The Morgan fingerprint density at radius 1 is 1.15 bits per heavy atom. The van der Waals surface area contributed by atoms with Crippen LogP contribution in [0.15, 0.2) is 24.4 Å². The van der Waals surface area contributed by atoms with Gasteiger partial charge in [0.2, 0.25) is 11.9 Å². The van der Waals surface area contributed by atoms with Crippen molar-refractivity contribution in [2.75, 3.05) is 48.9 Å². The first-order chi connectivity index (χ1) is 18.8. The standard InChI is InChI=1S/C29H41N7O3/c1-29(2)18-36(21-10-6-5-7-11-21)25-23(35(3)27(29)38)17-31-28(34-25)33-22-13-12-19(15-24(22)39-4)26(37)32-20-9-8-14-30-16-20/h12-13,15,17,20-21,30H,5-11,14,16,18H2,1-4H3,(H,32,37)(H,31,33,34)/t20-/m0/s1. The maximum absolute atomic E-state index is 13.3. The van der Waals surface area contributed by atoms with E-state index < -0.39 is 5.41 Å². The van der Waals surface area contributed by atoms with Gasteiger partial charge >= 0.3 is 0 Å². The van der Waals surface area contributed by atoms with E-state index >= 15 is 0 Å². The van der Waals surface area contributed by atoms with Crippen LogP contribution in [-0.4, -0.2) is 67.7 Å². The monoisotopic (exact) mass is 535 g/mol. The molecule has 3 N–H and O–H groups in total. The van der Waals surface area contributed by atoms with E-state index in [0.29, 0.717) is 35.5 Å². The van der Waals surface area contributed by atoms with Crippen LogP contribution in [0.2, 0.25) is 0 Å². The van der Waals surface area contributed by atoms with Gasteiger partial charge in [0, 0.05) is 37.8 Å². The van der Waals surface area contributed by atoms with E-state index in [1.54, 1.807) is 37.4 Å². The number of carbonyl (C=O) groups excluding carboxylic acids is 2. The summed E-state index contributed by atoms with van der Waals surface area (Å²) in [6.07, 6.45) is 9.56. The second kappa shape index (κ2) is 11.4. The Balaban J connectivity index is 1.41. The van der Waals surface area contributed by atoms with E-state index in [1.807, 2.05) is 19.9 Å². The summed E-state index contributed by atoms with van der Waals surface area (Å²) < 4.78 is 5.63. The zero-order valence-electron chi connectivity index (χ0n) is 23.5. The van der Waals surface area contributed by atoms with E-state index in [2.05, 4.69) is 25.8 Å². The molecule has 3 heterocycles. The molecule has 39 heavy (non-hydrogen) atoms. The molecule has 3 aliphatic rings. The number of carbonyl (C=O) groups is 2. The number of piperidine rings is 1. The molecule has 2 aromatic rings. The van der Waals surface area contributed by atoms with Crippen LogP contribution in [0.4, 0.5) is 23.1 Å². The Labute approximate surface area is 230 Å². The van der Waals surface area contributed by atoms with Crippen LogP contribution in [0.1, 0.15) is 69.2 Å². The largest absolute Gasteiger partial charge is 0.495 e. The lowest BCUT2D eigenvalue weighted by atomic mass is 9.88. The molecule has 1 saturated carbocycles. The number of benzene rings is 1. The predicted octanol–water partition coefficient (Wildman–Crippen LogP) is 3.85. The molecular formula is C29H41N7O3. The molecule has 10 heteroatoms. The lowest BCUT2D eigenvalue weighted by Gasteiger charge is -2.38. The first-order valence-electron chi connectivity index (χ1n) is 14.2. The summed E-state index contributed by atoms with van der Waals surface area (Å²) in [5, 5.41) is 9.72. The van der Waals surface area contributed by atoms with E-state index in [1.165, 1.54) is 19.3 Å². The number of methoxy groups -OCH3 is 1. The van der Waals surface area contributed by atoms with Crippen molar-refractivity contribution in [3.8, 4) is 5.75 Å². The number of nitrogens with one attached hydrogen (secondary N) is 3. The topological polar surface area (TPSA) is 112 Å². The molecular weight excluding hydrogens is 494 g/mol. The Bertz CT molecular complexity index is 1210. The van der Waals surface area contributed by atoms with Crippen LogP contribution in [0.5, 0.6) is 5.75 Å². The first kappa shape index (κ1) is 27.2. The maximum Gasteiger partial charge on any atom is 0.251 e. The van der Waals surface area contributed by atoms with Gasteiger partial charge in [-0.15, -0.1) is 0 Å². The Hall–Kier alpha value is -3.40. The number of hydrogen-bond donors (Lipinski definition) is 3. The fraction of sp³-hybridized carbons (Fsp3) is 0.586. The molecule has 0 unspecified atom stereocenters. The molecule has 1 aliphatic carbocycles. The second-order valence-corrected chi connectivity index (χ2v) is 11.6. The molecule has 1 aromatic heterocycles. The number of anilines is 4. The fourth-order valence-corrected chi connectivity index (χ4v) is 6.00. The molecule has 0 bridgehead atoms. The smallest absolute Gasteiger partial charge is 0.251 e. The van der Waals surface area contributed by atoms with Crippen LogP contribution < -0.4 is 30.5 Å². The molecule has 1 atom stereocenters. The molecule has 2 aliphatic heterocycles. The summed E-state index contributed by atoms with van der Waals surface area (Å²) in [5.41, 5.74) is 1.37. The highest BCUT2D eigenvalue weighted by Gasteiger charge is 2.41. The number of nitrogens with zero attached hydrogens (tertiary/aromatic N) is 4. The normalized spacial score (nSPS) is 21.6. The van der Waals surface area contributed by atoms with Crippen LogP contribution in [0.3, 0.4) is 0 Å². The van der Waals surface area contributed by atoms with Crippen molar-refractivity contribution in [3.63, 3.8) is 0 Å².